The number of nitrogens with two attached hydrogens (primary N) is 3. The van der Waals surface area contributed by atoms with Gasteiger partial charge in [-0.05, 0) is 40.5 Å². The van der Waals surface area contributed by atoms with Crippen LogP contribution in [0.3, 0.4) is 0 Å². The van der Waals surface area contributed by atoms with E-state index in [4.69, 9.17) is 17.2 Å². The standard InChI is InChI=1S/C9H11BrFN5/c1-4-2-5(3-6(10)7(4)11)15-9(14)16-8(12)13/h2-3H,1H3,(H6,12,13,14,15,16). The lowest BCUT2D eigenvalue weighted by Crippen LogP contribution is -2.26. The normalized spacial score (nSPS) is 11.3. The minimum absolute atomic E-state index is 0.0853. The molecule has 0 bridgehead atoms. The molecule has 1 rings (SSSR count). The molecule has 0 fully saturated rings. The third kappa shape index (κ3) is 3.20. The predicted molar refractivity (Wildman–Crippen MR) is 65.9 cm³/mol. The first kappa shape index (κ1) is 12.4. The Bertz CT molecular complexity index is 442. The van der Waals surface area contributed by atoms with Crippen molar-refractivity contribution in [1.82, 2.24) is 0 Å². The van der Waals surface area contributed by atoms with E-state index in [1.165, 1.54) is 12.1 Å². The van der Waals surface area contributed by atoms with Crippen molar-refractivity contribution >= 4 is 33.5 Å². The van der Waals surface area contributed by atoms with Gasteiger partial charge in [0, 0.05) is 0 Å². The van der Waals surface area contributed by atoms with Crippen molar-refractivity contribution in [2.75, 3.05) is 0 Å². The van der Waals surface area contributed by atoms with Crippen LogP contribution in [-0.2, 0) is 0 Å². The second kappa shape index (κ2) is 4.93. The van der Waals surface area contributed by atoms with Crippen LogP contribution < -0.4 is 17.2 Å². The zero-order valence-electron chi connectivity index (χ0n) is 8.54. The van der Waals surface area contributed by atoms with E-state index < -0.39 is 0 Å². The Hall–Kier alpha value is -1.63. The van der Waals surface area contributed by atoms with Gasteiger partial charge in [-0.1, -0.05) is 0 Å². The number of rotatable bonds is 1. The molecule has 16 heavy (non-hydrogen) atoms. The molecule has 0 aromatic heterocycles. The Morgan fingerprint density at radius 2 is 1.94 bits per heavy atom. The molecular formula is C9H11BrFN5. The first-order valence-electron chi connectivity index (χ1n) is 4.29. The number of guanidine groups is 2. The highest BCUT2D eigenvalue weighted by Gasteiger charge is 2.05. The summed E-state index contributed by atoms with van der Waals surface area (Å²) in [6, 6.07) is 3.02. The van der Waals surface area contributed by atoms with E-state index in [0.29, 0.717) is 15.7 Å². The fourth-order valence-corrected chi connectivity index (χ4v) is 1.61. The molecule has 0 heterocycles. The average molecular weight is 288 g/mol. The molecule has 5 nitrogen and oxygen atoms in total. The first-order valence-corrected chi connectivity index (χ1v) is 5.09. The molecule has 6 N–H and O–H groups in total. The summed E-state index contributed by atoms with van der Waals surface area (Å²) in [5.74, 6) is -0.601. The van der Waals surface area contributed by atoms with Crippen LogP contribution >= 0.6 is 15.9 Å². The molecule has 0 unspecified atom stereocenters. The van der Waals surface area contributed by atoms with Crippen molar-refractivity contribution in [2.24, 2.45) is 27.2 Å². The molecule has 0 amide bonds. The van der Waals surface area contributed by atoms with Gasteiger partial charge in [-0.25, -0.2) is 9.38 Å². The Kier molecular flexibility index (Phi) is 3.83. The molecule has 0 atom stereocenters. The number of hydrogen-bond acceptors (Lipinski definition) is 1. The molecule has 7 heteroatoms. The summed E-state index contributed by atoms with van der Waals surface area (Å²) in [5, 5.41) is 0. The molecule has 0 saturated carbocycles. The molecule has 0 aliphatic carbocycles. The molecule has 1 aromatic carbocycles. The van der Waals surface area contributed by atoms with Gasteiger partial charge in [-0.2, -0.15) is 4.99 Å². The van der Waals surface area contributed by atoms with Gasteiger partial charge in [0.2, 0.25) is 5.96 Å². The van der Waals surface area contributed by atoms with E-state index in [2.05, 4.69) is 25.9 Å². The van der Waals surface area contributed by atoms with E-state index in [0.717, 1.165) is 0 Å². The van der Waals surface area contributed by atoms with Crippen LogP contribution in [-0.4, -0.2) is 11.9 Å². The highest BCUT2D eigenvalue weighted by molar-refractivity contribution is 9.10. The van der Waals surface area contributed by atoms with Crippen LogP contribution in [0.5, 0.6) is 0 Å². The van der Waals surface area contributed by atoms with Crippen LogP contribution in [0.15, 0.2) is 26.6 Å². The maximum absolute atomic E-state index is 13.3. The van der Waals surface area contributed by atoms with Gasteiger partial charge in [0.1, 0.15) is 5.82 Å². The minimum Gasteiger partial charge on any atom is -0.370 e. The molecule has 0 aliphatic rings. The lowest BCUT2D eigenvalue weighted by Gasteiger charge is -2.02. The summed E-state index contributed by atoms with van der Waals surface area (Å²) < 4.78 is 13.6. The van der Waals surface area contributed by atoms with Gasteiger partial charge in [0.25, 0.3) is 0 Å². The quantitative estimate of drug-likeness (QED) is 0.533. The van der Waals surface area contributed by atoms with E-state index in [1.54, 1.807) is 6.92 Å². The monoisotopic (exact) mass is 287 g/mol. The number of aryl methyl sites for hydroxylation is 1. The Morgan fingerprint density at radius 1 is 1.31 bits per heavy atom. The second-order valence-corrected chi connectivity index (χ2v) is 3.92. The van der Waals surface area contributed by atoms with Gasteiger partial charge in [0.15, 0.2) is 5.96 Å². The number of nitrogens with zero attached hydrogens (tertiary/aromatic N) is 2. The molecule has 0 aliphatic heterocycles. The number of hydrogen-bond donors (Lipinski definition) is 3. The fraction of sp³-hybridized carbons (Fsp3) is 0.111. The Labute approximate surface area is 100 Å². The maximum Gasteiger partial charge on any atom is 0.223 e. The van der Waals surface area contributed by atoms with Crippen molar-refractivity contribution in [3.05, 3.63) is 28.0 Å². The number of aliphatic imine (C=N–C) groups is 2. The van der Waals surface area contributed by atoms with Crippen LogP contribution in [0.4, 0.5) is 10.1 Å². The lowest BCUT2D eigenvalue weighted by atomic mass is 10.2. The summed E-state index contributed by atoms with van der Waals surface area (Å²) in [4.78, 5) is 7.46. The lowest BCUT2D eigenvalue weighted by molar-refractivity contribution is 0.612. The van der Waals surface area contributed by atoms with Gasteiger partial charge in [-0.15, -0.1) is 0 Å². The maximum atomic E-state index is 13.3. The van der Waals surface area contributed by atoms with Gasteiger partial charge in [0.05, 0.1) is 10.2 Å². The van der Waals surface area contributed by atoms with Crippen LogP contribution in [0.1, 0.15) is 5.56 Å². The van der Waals surface area contributed by atoms with E-state index >= 15 is 0 Å². The SMILES string of the molecule is Cc1cc(N=C(N)N=C(N)N)cc(Br)c1F. The summed E-state index contributed by atoms with van der Waals surface area (Å²) >= 11 is 3.07. The van der Waals surface area contributed by atoms with Crippen LogP contribution in [0.2, 0.25) is 0 Å². The van der Waals surface area contributed by atoms with Gasteiger partial charge < -0.3 is 17.2 Å². The Balaban J connectivity index is 3.12. The molecule has 0 spiro atoms. The first-order chi connectivity index (χ1) is 7.40. The highest BCUT2D eigenvalue weighted by Crippen LogP contribution is 2.25. The smallest absolute Gasteiger partial charge is 0.223 e. The van der Waals surface area contributed by atoms with E-state index in [-0.39, 0.29) is 17.7 Å². The Morgan fingerprint density at radius 3 is 2.44 bits per heavy atom. The molecule has 0 saturated heterocycles. The topological polar surface area (TPSA) is 103 Å². The third-order valence-corrected chi connectivity index (χ3v) is 2.26. The summed E-state index contributed by atoms with van der Waals surface area (Å²) in [5.41, 5.74) is 16.6. The van der Waals surface area contributed by atoms with Crippen molar-refractivity contribution in [1.29, 1.82) is 0 Å². The fourth-order valence-electron chi connectivity index (χ4n) is 1.06. The third-order valence-electron chi connectivity index (χ3n) is 1.68. The zero-order valence-corrected chi connectivity index (χ0v) is 10.1. The average Bonchev–Trinajstić information content (AvgIpc) is 2.12. The number of halogens is 2. The van der Waals surface area contributed by atoms with Crippen LogP contribution in [0, 0.1) is 12.7 Å². The summed E-state index contributed by atoms with van der Waals surface area (Å²) in [6.45, 7) is 1.62. The van der Waals surface area contributed by atoms with Crippen LogP contribution in [0.25, 0.3) is 0 Å². The number of benzene rings is 1. The van der Waals surface area contributed by atoms with Gasteiger partial charge in [-0.3, -0.25) is 0 Å². The summed E-state index contributed by atoms with van der Waals surface area (Å²) in [7, 11) is 0. The van der Waals surface area contributed by atoms with Gasteiger partial charge >= 0.3 is 0 Å². The molecule has 1 aromatic rings. The summed E-state index contributed by atoms with van der Waals surface area (Å²) in [6.07, 6.45) is 0. The molecule has 86 valence electrons. The predicted octanol–water partition coefficient (Wildman–Crippen LogP) is 1.12. The van der Waals surface area contributed by atoms with E-state index in [9.17, 15) is 4.39 Å². The molecule has 0 radical (unpaired) electrons. The van der Waals surface area contributed by atoms with E-state index in [1.807, 2.05) is 0 Å². The van der Waals surface area contributed by atoms with Crippen molar-refractivity contribution in [3.8, 4) is 0 Å². The zero-order chi connectivity index (χ0) is 12.3. The minimum atomic E-state index is -0.334. The highest BCUT2D eigenvalue weighted by atomic mass is 79.9. The second-order valence-electron chi connectivity index (χ2n) is 3.07. The molecular weight excluding hydrogens is 277 g/mol. The largest absolute Gasteiger partial charge is 0.370 e. The van der Waals surface area contributed by atoms with Crippen molar-refractivity contribution in [2.45, 2.75) is 6.92 Å². The van der Waals surface area contributed by atoms with Crippen molar-refractivity contribution < 1.29 is 4.39 Å². The van der Waals surface area contributed by atoms with Crippen molar-refractivity contribution in [3.63, 3.8) is 0 Å².